The van der Waals surface area contributed by atoms with E-state index in [2.05, 4.69) is 17.0 Å². The number of ether oxygens (including phenoxy) is 1. The van der Waals surface area contributed by atoms with Crippen molar-refractivity contribution in [2.45, 2.75) is 13.3 Å². The highest BCUT2D eigenvalue weighted by Crippen LogP contribution is 2.28. The Morgan fingerprint density at radius 3 is 2.30 bits per heavy atom. The van der Waals surface area contributed by atoms with Crippen LogP contribution in [0.3, 0.4) is 0 Å². The second-order valence-electron chi connectivity index (χ2n) is 9.08. The van der Waals surface area contributed by atoms with E-state index >= 15 is 0 Å². The maximum absolute atomic E-state index is 14.0. The first kappa shape index (κ1) is 24.4. The van der Waals surface area contributed by atoms with Crippen LogP contribution in [0.2, 0.25) is 0 Å². The second kappa shape index (κ2) is 11.2. The minimum atomic E-state index is -0.321. The summed E-state index contributed by atoms with van der Waals surface area (Å²) in [6.07, 6.45) is 0.690. The lowest BCUT2D eigenvalue weighted by molar-refractivity contribution is -0.133. The highest BCUT2D eigenvalue weighted by atomic mass is 19.1. The molecular weight excluding hydrogens is 467 g/mol. The summed E-state index contributed by atoms with van der Waals surface area (Å²) in [6.45, 7) is 4.41. The van der Waals surface area contributed by atoms with E-state index in [1.54, 1.807) is 6.07 Å². The van der Waals surface area contributed by atoms with Crippen molar-refractivity contribution in [2.75, 3.05) is 37.7 Å². The molecule has 0 radical (unpaired) electrons. The number of aryl methyl sites for hydroxylation is 1. The Morgan fingerprint density at radius 2 is 1.59 bits per heavy atom. The van der Waals surface area contributed by atoms with Crippen molar-refractivity contribution in [2.24, 2.45) is 0 Å². The van der Waals surface area contributed by atoms with E-state index in [9.17, 15) is 9.18 Å². The van der Waals surface area contributed by atoms with Gasteiger partial charge in [0.05, 0.1) is 0 Å². The Hall–Kier alpha value is -4.26. The molecule has 4 aromatic rings. The number of hydrogen-bond acceptors (Lipinski definition) is 5. The number of nitrogens with zero attached hydrogens (tertiary/aromatic N) is 4. The number of benzene rings is 3. The van der Waals surface area contributed by atoms with Crippen LogP contribution in [-0.2, 0) is 11.2 Å². The fraction of sp³-hybridized carbons (Fsp3) is 0.233. The fourth-order valence-electron chi connectivity index (χ4n) is 4.53. The van der Waals surface area contributed by atoms with Gasteiger partial charge in [-0.05, 0) is 36.8 Å². The molecule has 6 nitrogen and oxygen atoms in total. The van der Waals surface area contributed by atoms with Crippen LogP contribution >= 0.6 is 0 Å². The van der Waals surface area contributed by atoms with E-state index in [1.165, 1.54) is 17.7 Å². The van der Waals surface area contributed by atoms with Gasteiger partial charge in [-0.15, -0.1) is 0 Å². The van der Waals surface area contributed by atoms with E-state index in [0.717, 1.165) is 17.1 Å². The summed E-state index contributed by atoms with van der Waals surface area (Å²) < 4.78 is 19.6. The summed E-state index contributed by atoms with van der Waals surface area (Å²) >= 11 is 0. The van der Waals surface area contributed by atoms with Gasteiger partial charge in [0.15, 0.2) is 12.4 Å². The molecule has 0 spiro atoms. The number of carbonyl (C=O) groups excluding carboxylic acids is 1. The maximum atomic E-state index is 14.0. The van der Waals surface area contributed by atoms with Crippen LogP contribution in [0.25, 0.3) is 11.4 Å². The van der Waals surface area contributed by atoms with E-state index in [4.69, 9.17) is 14.7 Å². The average Bonchev–Trinajstić information content (AvgIpc) is 2.94. The molecule has 1 aliphatic heterocycles. The number of aromatic nitrogens is 2. The van der Waals surface area contributed by atoms with Gasteiger partial charge < -0.3 is 14.5 Å². The lowest BCUT2D eigenvalue weighted by Gasteiger charge is -2.36. The van der Waals surface area contributed by atoms with Gasteiger partial charge in [0.2, 0.25) is 0 Å². The predicted octanol–water partition coefficient (Wildman–Crippen LogP) is 4.91. The van der Waals surface area contributed by atoms with E-state index in [0.29, 0.717) is 49.7 Å². The molecule has 3 aromatic carbocycles. The van der Waals surface area contributed by atoms with Gasteiger partial charge in [0, 0.05) is 49.4 Å². The molecule has 0 N–H and O–H groups in total. The van der Waals surface area contributed by atoms with Crippen molar-refractivity contribution in [3.63, 3.8) is 0 Å². The number of halogens is 1. The molecule has 2 heterocycles. The van der Waals surface area contributed by atoms with Crippen LogP contribution in [0.15, 0.2) is 84.9 Å². The molecule has 188 valence electrons. The third kappa shape index (κ3) is 5.94. The van der Waals surface area contributed by atoms with E-state index < -0.39 is 0 Å². The Kier molecular flexibility index (Phi) is 7.40. The molecule has 1 fully saturated rings. The second-order valence-corrected chi connectivity index (χ2v) is 9.08. The summed E-state index contributed by atoms with van der Waals surface area (Å²) in [6, 6.07) is 25.9. The van der Waals surface area contributed by atoms with E-state index in [-0.39, 0.29) is 18.3 Å². The Morgan fingerprint density at radius 1 is 0.892 bits per heavy atom. The smallest absolute Gasteiger partial charge is 0.260 e. The predicted molar refractivity (Wildman–Crippen MR) is 142 cm³/mol. The molecule has 0 aliphatic carbocycles. The Balaban J connectivity index is 1.36. The standard InChI is InChI=1S/C30H29FN4O2/c1-22-27(19-23-9-4-2-5-10-23)30(33-29(32-22)24-11-8-12-25(31)20-24)35-17-15-34(16-18-35)28(36)21-37-26-13-6-3-7-14-26/h2-14,20H,15-19,21H2,1H3. The third-order valence-corrected chi connectivity index (χ3v) is 6.54. The number of piperazine rings is 1. The number of para-hydroxylation sites is 1. The van der Waals surface area contributed by atoms with E-state index in [1.807, 2.05) is 66.4 Å². The highest BCUT2D eigenvalue weighted by molar-refractivity contribution is 5.78. The lowest BCUT2D eigenvalue weighted by atomic mass is 10.0. The number of rotatable bonds is 7. The topological polar surface area (TPSA) is 58.6 Å². The third-order valence-electron chi connectivity index (χ3n) is 6.54. The van der Waals surface area contributed by atoms with Gasteiger partial charge in [-0.25, -0.2) is 14.4 Å². The molecule has 5 rings (SSSR count). The first-order valence-corrected chi connectivity index (χ1v) is 12.4. The van der Waals surface area contributed by atoms with Crippen molar-refractivity contribution < 1.29 is 13.9 Å². The van der Waals surface area contributed by atoms with Crippen molar-refractivity contribution in [3.05, 3.63) is 108 Å². The fourth-order valence-corrected chi connectivity index (χ4v) is 4.53. The summed E-state index contributed by atoms with van der Waals surface area (Å²) in [5.74, 6) is 1.66. The van der Waals surface area contributed by atoms with Gasteiger partial charge in [0.25, 0.3) is 5.91 Å². The molecule has 7 heteroatoms. The molecule has 37 heavy (non-hydrogen) atoms. The molecule has 1 saturated heterocycles. The van der Waals surface area contributed by atoms with Gasteiger partial charge >= 0.3 is 0 Å². The zero-order valence-electron chi connectivity index (χ0n) is 20.8. The van der Waals surface area contributed by atoms with Crippen molar-refractivity contribution in [3.8, 4) is 17.1 Å². The first-order chi connectivity index (χ1) is 18.1. The largest absolute Gasteiger partial charge is 0.484 e. The van der Waals surface area contributed by atoms with Gasteiger partial charge in [-0.2, -0.15) is 0 Å². The molecule has 1 aliphatic rings. The minimum absolute atomic E-state index is 0.0135. The molecule has 1 amide bonds. The normalized spacial score (nSPS) is 13.5. The number of anilines is 1. The van der Waals surface area contributed by atoms with Gasteiger partial charge in [-0.3, -0.25) is 4.79 Å². The monoisotopic (exact) mass is 496 g/mol. The first-order valence-electron chi connectivity index (χ1n) is 12.4. The summed E-state index contributed by atoms with van der Waals surface area (Å²) in [5.41, 5.74) is 3.71. The summed E-state index contributed by atoms with van der Waals surface area (Å²) in [5, 5.41) is 0. The quantitative estimate of drug-likeness (QED) is 0.364. The lowest BCUT2D eigenvalue weighted by Crippen LogP contribution is -2.50. The van der Waals surface area contributed by atoms with Crippen molar-refractivity contribution in [1.82, 2.24) is 14.9 Å². The van der Waals surface area contributed by atoms with Crippen LogP contribution in [-0.4, -0.2) is 53.6 Å². The van der Waals surface area contributed by atoms with Gasteiger partial charge in [-0.1, -0.05) is 60.7 Å². The molecule has 0 atom stereocenters. The molecular formula is C30H29FN4O2. The summed E-state index contributed by atoms with van der Waals surface area (Å²) in [4.78, 5) is 26.5. The Labute approximate surface area is 216 Å². The Bertz CT molecular complexity index is 1360. The molecule has 0 unspecified atom stereocenters. The van der Waals surface area contributed by atoms with Crippen LogP contribution < -0.4 is 9.64 Å². The van der Waals surface area contributed by atoms with Crippen LogP contribution in [0.4, 0.5) is 10.2 Å². The maximum Gasteiger partial charge on any atom is 0.260 e. The highest BCUT2D eigenvalue weighted by Gasteiger charge is 2.25. The van der Waals surface area contributed by atoms with Crippen LogP contribution in [0, 0.1) is 12.7 Å². The summed E-state index contributed by atoms with van der Waals surface area (Å²) in [7, 11) is 0. The zero-order chi connectivity index (χ0) is 25.6. The molecule has 0 saturated carbocycles. The van der Waals surface area contributed by atoms with Crippen LogP contribution in [0.1, 0.15) is 16.8 Å². The zero-order valence-corrected chi connectivity index (χ0v) is 20.8. The number of carbonyl (C=O) groups is 1. The van der Waals surface area contributed by atoms with Crippen molar-refractivity contribution in [1.29, 1.82) is 0 Å². The SMILES string of the molecule is Cc1nc(-c2cccc(F)c2)nc(N2CCN(C(=O)COc3ccccc3)CC2)c1Cc1ccccc1. The van der Waals surface area contributed by atoms with Gasteiger partial charge in [0.1, 0.15) is 17.4 Å². The molecule has 0 bridgehead atoms. The number of hydrogen-bond donors (Lipinski definition) is 0. The minimum Gasteiger partial charge on any atom is -0.484 e. The molecule has 1 aromatic heterocycles. The van der Waals surface area contributed by atoms with Crippen LogP contribution in [0.5, 0.6) is 5.75 Å². The number of amides is 1. The average molecular weight is 497 g/mol. The van der Waals surface area contributed by atoms with Crippen molar-refractivity contribution >= 4 is 11.7 Å².